The molecule has 1 aromatic heterocycles. The van der Waals surface area contributed by atoms with Crippen LogP contribution in [0.3, 0.4) is 0 Å². The first-order chi connectivity index (χ1) is 14.0. The van der Waals surface area contributed by atoms with Gasteiger partial charge in [0.15, 0.2) is 11.5 Å². The highest BCUT2D eigenvalue weighted by atomic mass is 19.3. The van der Waals surface area contributed by atoms with Crippen LogP contribution in [0.1, 0.15) is 23.0 Å². The van der Waals surface area contributed by atoms with Crippen LogP contribution in [0.5, 0.6) is 11.5 Å². The van der Waals surface area contributed by atoms with E-state index in [0.717, 1.165) is 5.69 Å². The van der Waals surface area contributed by atoms with Gasteiger partial charge < -0.3 is 24.5 Å². The van der Waals surface area contributed by atoms with Crippen LogP contribution in [0.4, 0.5) is 20.2 Å². The number of aromatic nitrogens is 2. The summed E-state index contributed by atoms with van der Waals surface area (Å²) in [5.41, 5.74) is 2.31. The molecule has 0 spiro atoms. The Bertz CT molecular complexity index is 947. The molecule has 152 valence electrons. The lowest BCUT2D eigenvalue weighted by atomic mass is 10.1. The Morgan fingerprint density at radius 3 is 2.48 bits per heavy atom. The van der Waals surface area contributed by atoms with Crippen LogP contribution in [-0.2, 0) is 6.54 Å². The lowest BCUT2D eigenvalue weighted by molar-refractivity contribution is -0.0514. The van der Waals surface area contributed by atoms with E-state index in [1.807, 2.05) is 4.90 Å². The van der Waals surface area contributed by atoms with Crippen LogP contribution < -0.4 is 14.4 Å². The number of carboxylic acids is 1. The summed E-state index contributed by atoms with van der Waals surface area (Å²) in [4.78, 5) is 20.0. The number of aromatic amines is 1. The smallest absolute Gasteiger partial charge is 0.387 e. The quantitative estimate of drug-likeness (QED) is 0.549. The van der Waals surface area contributed by atoms with Gasteiger partial charge in [-0.25, -0.2) is 9.78 Å². The zero-order valence-corrected chi connectivity index (χ0v) is 15.5. The van der Waals surface area contributed by atoms with Crippen molar-refractivity contribution in [3.8, 4) is 11.5 Å². The molecule has 3 aromatic rings. The van der Waals surface area contributed by atoms with Gasteiger partial charge in [-0.2, -0.15) is 8.78 Å². The number of H-pyrrole nitrogens is 1. The lowest BCUT2D eigenvalue weighted by Gasteiger charge is -2.25. The maximum absolute atomic E-state index is 12.7. The fourth-order valence-electron chi connectivity index (χ4n) is 2.78. The molecule has 0 fully saturated rings. The molecular formula is C20H19F2N3O4. The number of hydrogen-bond acceptors (Lipinski definition) is 5. The van der Waals surface area contributed by atoms with E-state index in [0.29, 0.717) is 17.9 Å². The number of carboxylic acid groups (broad SMARTS) is 1. The highest BCUT2D eigenvalue weighted by Gasteiger charge is 2.17. The van der Waals surface area contributed by atoms with Gasteiger partial charge in [0.25, 0.3) is 0 Å². The summed E-state index contributed by atoms with van der Waals surface area (Å²) in [6.07, 6.45) is 3.21. The van der Waals surface area contributed by atoms with Crippen molar-refractivity contribution in [1.29, 1.82) is 0 Å². The summed E-state index contributed by atoms with van der Waals surface area (Å²) < 4.78 is 35.3. The van der Waals surface area contributed by atoms with Crippen molar-refractivity contribution in [2.75, 3.05) is 11.5 Å². The maximum Gasteiger partial charge on any atom is 0.387 e. The third-order valence-electron chi connectivity index (χ3n) is 4.06. The number of imidazole rings is 1. The Labute approximate surface area is 165 Å². The second kappa shape index (κ2) is 9.05. The van der Waals surface area contributed by atoms with Crippen LogP contribution in [0.15, 0.2) is 55.0 Å². The number of ether oxygens (including phenoxy) is 2. The first-order valence-electron chi connectivity index (χ1n) is 8.77. The number of nitrogens with zero attached hydrogens (tertiary/aromatic N) is 2. The molecule has 29 heavy (non-hydrogen) atoms. The monoisotopic (exact) mass is 403 g/mol. The van der Waals surface area contributed by atoms with Crippen LogP contribution in [0, 0.1) is 0 Å². The molecule has 7 nitrogen and oxygen atoms in total. The molecular weight excluding hydrogens is 384 g/mol. The Morgan fingerprint density at radius 2 is 1.90 bits per heavy atom. The van der Waals surface area contributed by atoms with Gasteiger partial charge in [0.1, 0.15) is 0 Å². The second-order valence-corrected chi connectivity index (χ2v) is 5.96. The van der Waals surface area contributed by atoms with Gasteiger partial charge in [-0.3, -0.25) is 0 Å². The maximum atomic E-state index is 12.7. The standard InChI is InChI=1S/C20H19F2N3O4/c1-2-28-18-9-16(7-8-17(18)29-20(21)22)25(11-14-10-23-12-24-14)15-5-3-13(4-6-15)19(26)27/h3-10,12,20H,2,11H2,1H3,(H,23,24)(H,26,27). The van der Waals surface area contributed by atoms with Gasteiger partial charge in [0.05, 0.1) is 30.7 Å². The average molecular weight is 403 g/mol. The SMILES string of the molecule is CCOc1cc(N(Cc2cnc[nH]2)c2ccc(C(=O)O)cc2)ccc1OC(F)F. The summed E-state index contributed by atoms with van der Waals surface area (Å²) in [5, 5.41) is 9.12. The summed E-state index contributed by atoms with van der Waals surface area (Å²) >= 11 is 0. The molecule has 0 saturated heterocycles. The van der Waals surface area contributed by atoms with E-state index in [1.165, 1.54) is 18.2 Å². The third kappa shape index (κ3) is 5.01. The molecule has 0 bridgehead atoms. The Hall–Kier alpha value is -3.62. The van der Waals surface area contributed by atoms with Gasteiger partial charge in [-0.05, 0) is 43.3 Å². The van der Waals surface area contributed by atoms with Gasteiger partial charge >= 0.3 is 12.6 Å². The summed E-state index contributed by atoms with van der Waals surface area (Å²) in [5.74, 6) is -0.904. The molecule has 9 heteroatoms. The number of carbonyl (C=O) groups is 1. The Kier molecular flexibility index (Phi) is 6.28. The molecule has 0 aliphatic carbocycles. The van der Waals surface area contributed by atoms with Gasteiger partial charge in [0, 0.05) is 23.6 Å². The number of aromatic carboxylic acids is 1. The van der Waals surface area contributed by atoms with Crippen molar-refractivity contribution < 1.29 is 28.2 Å². The molecule has 2 aromatic carbocycles. The topological polar surface area (TPSA) is 87.7 Å². The van der Waals surface area contributed by atoms with Crippen LogP contribution in [-0.4, -0.2) is 34.3 Å². The number of rotatable bonds is 9. The van der Waals surface area contributed by atoms with E-state index < -0.39 is 12.6 Å². The molecule has 0 aliphatic heterocycles. The molecule has 1 heterocycles. The van der Waals surface area contributed by atoms with Crippen molar-refractivity contribution in [3.05, 3.63) is 66.2 Å². The fraction of sp³-hybridized carbons (Fsp3) is 0.200. The molecule has 0 aliphatic rings. The zero-order valence-electron chi connectivity index (χ0n) is 15.5. The second-order valence-electron chi connectivity index (χ2n) is 5.96. The van der Waals surface area contributed by atoms with E-state index >= 15 is 0 Å². The van der Waals surface area contributed by atoms with Crippen LogP contribution >= 0.6 is 0 Å². The summed E-state index contributed by atoms with van der Waals surface area (Å²) in [6.45, 7) is -0.569. The molecule has 0 unspecified atom stereocenters. The van der Waals surface area contributed by atoms with Crippen molar-refractivity contribution in [3.63, 3.8) is 0 Å². The summed E-state index contributed by atoms with van der Waals surface area (Å²) in [7, 11) is 0. The van der Waals surface area contributed by atoms with Gasteiger partial charge in [-0.1, -0.05) is 0 Å². The normalized spacial score (nSPS) is 10.8. The zero-order chi connectivity index (χ0) is 20.8. The van der Waals surface area contributed by atoms with E-state index in [1.54, 1.807) is 43.7 Å². The minimum Gasteiger partial charge on any atom is -0.490 e. The highest BCUT2D eigenvalue weighted by molar-refractivity contribution is 5.88. The minimum atomic E-state index is -2.97. The molecule has 2 N–H and O–H groups in total. The van der Waals surface area contributed by atoms with E-state index in [4.69, 9.17) is 9.84 Å². The highest BCUT2D eigenvalue weighted by Crippen LogP contribution is 2.36. The number of hydrogen-bond donors (Lipinski definition) is 2. The predicted molar refractivity (Wildman–Crippen MR) is 102 cm³/mol. The van der Waals surface area contributed by atoms with Crippen molar-refractivity contribution in [2.24, 2.45) is 0 Å². The Balaban J connectivity index is 2.00. The van der Waals surface area contributed by atoms with Crippen LogP contribution in [0.25, 0.3) is 0 Å². The average Bonchev–Trinajstić information content (AvgIpc) is 3.21. The molecule has 0 amide bonds. The molecule has 3 rings (SSSR count). The largest absolute Gasteiger partial charge is 0.490 e. The fourth-order valence-corrected chi connectivity index (χ4v) is 2.78. The number of nitrogens with one attached hydrogen (secondary N) is 1. The Morgan fingerprint density at radius 1 is 1.17 bits per heavy atom. The van der Waals surface area contributed by atoms with Gasteiger partial charge in [-0.15, -0.1) is 0 Å². The van der Waals surface area contributed by atoms with E-state index in [2.05, 4.69) is 14.7 Å². The first kappa shape index (κ1) is 20.1. The number of alkyl halides is 2. The molecule has 0 saturated carbocycles. The lowest BCUT2D eigenvalue weighted by Crippen LogP contribution is -2.17. The van der Waals surface area contributed by atoms with Gasteiger partial charge in [0.2, 0.25) is 0 Å². The number of anilines is 2. The summed E-state index contributed by atoms with van der Waals surface area (Å²) in [6, 6.07) is 11.0. The predicted octanol–water partition coefficient (Wildman–Crippen LogP) is 4.45. The van der Waals surface area contributed by atoms with Crippen molar-refractivity contribution >= 4 is 17.3 Å². The molecule has 0 atom stereocenters. The van der Waals surface area contributed by atoms with Crippen molar-refractivity contribution in [1.82, 2.24) is 9.97 Å². The number of halogens is 2. The van der Waals surface area contributed by atoms with Crippen molar-refractivity contribution in [2.45, 2.75) is 20.1 Å². The van der Waals surface area contributed by atoms with E-state index in [9.17, 15) is 13.6 Å². The minimum absolute atomic E-state index is 0.0617. The third-order valence-corrected chi connectivity index (χ3v) is 4.06. The number of benzene rings is 2. The molecule has 0 radical (unpaired) electrons. The first-order valence-corrected chi connectivity index (χ1v) is 8.77. The van der Waals surface area contributed by atoms with Crippen LogP contribution in [0.2, 0.25) is 0 Å². The van der Waals surface area contributed by atoms with E-state index in [-0.39, 0.29) is 23.7 Å².